The second kappa shape index (κ2) is 9.24. The van der Waals surface area contributed by atoms with E-state index in [4.69, 9.17) is 9.47 Å². The molecule has 2 rings (SSSR count). The number of hydrogen-bond donors (Lipinski definition) is 2. The van der Waals surface area contributed by atoms with E-state index in [0.717, 1.165) is 18.2 Å². The third-order valence-corrected chi connectivity index (χ3v) is 5.22. The van der Waals surface area contributed by atoms with E-state index in [1.54, 1.807) is 13.8 Å². The molecule has 0 aliphatic rings. The van der Waals surface area contributed by atoms with Gasteiger partial charge in [-0.2, -0.15) is 13.2 Å². The van der Waals surface area contributed by atoms with Crippen LogP contribution < -0.4 is 19.5 Å². The summed E-state index contributed by atoms with van der Waals surface area (Å²) in [5.74, 6) is -0.726. The Hall–Kier alpha value is -2.95. The Labute approximate surface area is 172 Å². The molecular weight excluding hydrogens is 425 g/mol. The summed E-state index contributed by atoms with van der Waals surface area (Å²) in [5.41, 5.74) is -1.38. The molecule has 1 amide bonds. The number of carbonyl (C=O) groups excluding carboxylic acids is 1. The minimum atomic E-state index is -4.71. The van der Waals surface area contributed by atoms with Crippen LogP contribution in [0.25, 0.3) is 0 Å². The largest absolute Gasteiger partial charge is 0.494 e. The Morgan fingerprint density at radius 3 is 2.27 bits per heavy atom. The number of hydrogen-bond acceptors (Lipinski definition) is 5. The number of sulfonamides is 1. The van der Waals surface area contributed by atoms with Crippen LogP contribution in [0.2, 0.25) is 0 Å². The quantitative estimate of drug-likeness (QED) is 0.646. The summed E-state index contributed by atoms with van der Waals surface area (Å²) < 4.78 is 78.0. The summed E-state index contributed by atoms with van der Waals surface area (Å²) in [7, 11) is -3.02. The molecule has 30 heavy (non-hydrogen) atoms. The third kappa shape index (κ3) is 5.56. The van der Waals surface area contributed by atoms with Crippen molar-refractivity contribution in [2.45, 2.75) is 24.9 Å². The van der Waals surface area contributed by atoms with Crippen molar-refractivity contribution in [2.75, 3.05) is 25.0 Å². The molecule has 0 radical (unpaired) electrons. The standard InChI is InChI=1S/C19H21F3N2O5S/c1-4-28-15-10-13(19(20,21)22)9-14(11-15)24-30(26,27)17-8-12(18(25)23-3)6-7-16(17)29-5-2/h6-11,24H,4-5H2,1-3H3,(H,23,25). The summed E-state index contributed by atoms with van der Waals surface area (Å²) in [6.45, 7) is 3.45. The average molecular weight is 446 g/mol. The fourth-order valence-corrected chi connectivity index (χ4v) is 3.77. The lowest BCUT2D eigenvalue weighted by atomic mass is 10.2. The van der Waals surface area contributed by atoms with Crippen LogP contribution in [0.1, 0.15) is 29.8 Å². The lowest BCUT2D eigenvalue weighted by molar-refractivity contribution is -0.137. The summed E-state index contributed by atoms with van der Waals surface area (Å²) in [6, 6.07) is 6.34. The number of alkyl halides is 3. The maximum atomic E-state index is 13.2. The first-order valence-electron chi connectivity index (χ1n) is 8.88. The number of carbonyl (C=O) groups is 1. The first-order valence-corrected chi connectivity index (χ1v) is 10.4. The number of rotatable bonds is 8. The van der Waals surface area contributed by atoms with Crippen molar-refractivity contribution in [3.8, 4) is 11.5 Å². The fourth-order valence-electron chi connectivity index (χ4n) is 2.56. The number of amides is 1. The van der Waals surface area contributed by atoms with Gasteiger partial charge in [-0.05, 0) is 44.2 Å². The molecule has 0 aromatic heterocycles. The second-order valence-electron chi connectivity index (χ2n) is 5.96. The van der Waals surface area contributed by atoms with Gasteiger partial charge in [0.15, 0.2) is 0 Å². The van der Waals surface area contributed by atoms with E-state index >= 15 is 0 Å². The summed E-state index contributed by atoms with van der Waals surface area (Å²) in [5, 5.41) is 2.37. The van der Waals surface area contributed by atoms with Crippen LogP contribution >= 0.6 is 0 Å². The molecule has 0 saturated carbocycles. The number of halogens is 3. The van der Waals surface area contributed by atoms with Crippen LogP contribution in [-0.4, -0.2) is 34.6 Å². The molecule has 0 atom stereocenters. The fraction of sp³-hybridized carbons (Fsp3) is 0.316. The van der Waals surface area contributed by atoms with Crippen LogP contribution in [0, 0.1) is 0 Å². The summed E-state index contributed by atoms with van der Waals surface area (Å²) in [6.07, 6.45) is -4.71. The van der Waals surface area contributed by atoms with Crippen molar-refractivity contribution < 1.29 is 35.9 Å². The van der Waals surface area contributed by atoms with Gasteiger partial charge >= 0.3 is 6.18 Å². The van der Waals surface area contributed by atoms with E-state index in [9.17, 15) is 26.4 Å². The maximum absolute atomic E-state index is 13.2. The molecule has 0 bridgehead atoms. The van der Waals surface area contributed by atoms with E-state index in [-0.39, 0.29) is 40.9 Å². The molecule has 0 aliphatic heterocycles. The molecule has 7 nitrogen and oxygen atoms in total. The van der Waals surface area contributed by atoms with Gasteiger partial charge < -0.3 is 14.8 Å². The van der Waals surface area contributed by atoms with Crippen LogP contribution in [0.4, 0.5) is 18.9 Å². The van der Waals surface area contributed by atoms with Gasteiger partial charge in [-0.1, -0.05) is 0 Å². The number of nitrogens with one attached hydrogen (secondary N) is 2. The molecule has 164 valence electrons. The van der Waals surface area contributed by atoms with Gasteiger partial charge in [0.05, 0.1) is 24.5 Å². The van der Waals surface area contributed by atoms with Crippen molar-refractivity contribution >= 4 is 21.6 Å². The molecule has 0 spiro atoms. The van der Waals surface area contributed by atoms with E-state index < -0.39 is 27.7 Å². The molecule has 0 fully saturated rings. The van der Waals surface area contributed by atoms with Crippen molar-refractivity contribution in [1.82, 2.24) is 5.32 Å². The number of anilines is 1. The predicted octanol–water partition coefficient (Wildman–Crippen LogP) is 3.66. The third-order valence-electron chi connectivity index (χ3n) is 3.82. The van der Waals surface area contributed by atoms with Crippen LogP contribution in [0.3, 0.4) is 0 Å². The molecule has 0 aliphatic carbocycles. The molecule has 2 aromatic rings. The summed E-state index contributed by atoms with van der Waals surface area (Å²) in [4.78, 5) is 11.5. The smallest absolute Gasteiger partial charge is 0.416 e. The Bertz CT molecular complexity index is 1020. The zero-order chi connectivity index (χ0) is 22.5. The van der Waals surface area contributed by atoms with Gasteiger partial charge in [0, 0.05) is 18.7 Å². The SMILES string of the molecule is CCOc1cc(NS(=O)(=O)c2cc(C(=O)NC)ccc2OCC)cc(C(F)(F)F)c1. The highest BCUT2D eigenvalue weighted by Crippen LogP contribution is 2.35. The maximum Gasteiger partial charge on any atom is 0.416 e. The Morgan fingerprint density at radius 2 is 1.70 bits per heavy atom. The van der Waals surface area contributed by atoms with E-state index in [0.29, 0.717) is 6.07 Å². The molecule has 0 unspecified atom stereocenters. The lowest BCUT2D eigenvalue weighted by Crippen LogP contribution is -2.20. The summed E-state index contributed by atoms with van der Waals surface area (Å²) >= 11 is 0. The van der Waals surface area contributed by atoms with Gasteiger partial charge in [-0.25, -0.2) is 8.42 Å². The highest BCUT2D eigenvalue weighted by atomic mass is 32.2. The molecule has 2 aromatic carbocycles. The van der Waals surface area contributed by atoms with Crippen molar-refractivity contribution in [3.63, 3.8) is 0 Å². The monoisotopic (exact) mass is 446 g/mol. The van der Waals surface area contributed by atoms with Gasteiger partial charge in [-0.15, -0.1) is 0 Å². The normalized spacial score (nSPS) is 11.7. The van der Waals surface area contributed by atoms with Crippen LogP contribution in [-0.2, 0) is 16.2 Å². The number of benzene rings is 2. The van der Waals surface area contributed by atoms with Crippen molar-refractivity contribution in [1.29, 1.82) is 0 Å². The van der Waals surface area contributed by atoms with E-state index in [2.05, 4.69) is 10.0 Å². The van der Waals surface area contributed by atoms with Gasteiger partial charge in [0.2, 0.25) is 0 Å². The zero-order valence-corrected chi connectivity index (χ0v) is 17.3. The molecule has 2 N–H and O–H groups in total. The minimum absolute atomic E-state index is 0.0420. The van der Waals surface area contributed by atoms with E-state index in [1.165, 1.54) is 19.2 Å². The highest BCUT2D eigenvalue weighted by Gasteiger charge is 2.32. The van der Waals surface area contributed by atoms with Gasteiger partial charge in [0.25, 0.3) is 15.9 Å². The van der Waals surface area contributed by atoms with Crippen LogP contribution in [0.5, 0.6) is 11.5 Å². The minimum Gasteiger partial charge on any atom is -0.494 e. The molecular formula is C19H21F3N2O5S. The Kier molecular flexibility index (Phi) is 7.19. The number of ether oxygens (including phenoxy) is 2. The Balaban J connectivity index is 2.54. The second-order valence-corrected chi connectivity index (χ2v) is 7.61. The topological polar surface area (TPSA) is 93.7 Å². The first-order chi connectivity index (χ1) is 14.0. The molecule has 0 heterocycles. The first kappa shape index (κ1) is 23.3. The molecule has 11 heteroatoms. The highest BCUT2D eigenvalue weighted by molar-refractivity contribution is 7.92. The van der Waals surface area contributed by atoms with Crippen molar-refractivity contribution in [3.05, 3.63) is 47.5 Å². The van der Waals surface area contributed by atoms with Crippen LogP contribution in [0.15, 0.2) is 41.3 Å². The van der Waals surface area contributed by atoms with E-state index in [1.807, 2.05) is 0 Å². The van der Waals surface area contributed by atoms with Crippen molar-refractivity contribution in [2.24, 2.45) is 0 Å². The zero-order valence-electron chi connectivity index (χ0n) is 16.5. The average Bonchev–Trinajstić information content (AvgIpc) is 2.67. The lowest BCUT2D eigenvalue weighted by Gasteiger charge is -2.16. The Morgan fingerprint density at radius 1 is 1.03 bits per heavy atom. The van der Waals surface area contributed by atoms with Gasteiger partial charge in [-0.3, -0.25) is 9.52 Å². The van der Waals surface area contributed by atoms with Gasteiger partial charge in [0.1, 0.15) is 16.4 Å². The predicted molar refractivity (Wildman–Crippen MR) is 104 cm³/mol. The molecule has 0 saturated heterocycles.